The molecule has 0 aromatic carbocycles. The molecular formula is C118H227N13O13S2. The third-order valence-electron chi connectivity index (χ3n) is 27.9. The van der Waals surface area contributed by atoms with Crippen LogP contribution in [0.3, 0.4) is 0 Å². The van der Waals surface area contributed by atoms with E-state index in [1.165, 1.54) is 0 Å². The van der Waals surface area contributed by atoms with Crippen molar-refractivity contribution in [2.45, 2.75) is 451 Å². The first kappa shape index (κ1) is 139. The molecule has 7 saturated heterocycles. The van der Waals surface area contributed by atoms with E-state index in [9.17, 15) is 52.7 Å². The maximum Gasteiger partial charge on any atom is 0.248 e. The van der Waals surface area contributed by atoms with Gasteiger partial charge >= 0.3 is 0 Å². The molecular weight excluding hydrogens is 1870 g/mol. The summed E-state index contributed by atoms with van der Waals surface area (Å²) in [7, 11) is 0. The minimum absolute atomic E-state index is 0.0133. The first-order chi connectivity index (χ1) is 66.2. The number of piperidine rings is 7. The maximum absolute atomic E-state index is 12.2. The molecule has 0 aromatic heterocycles. The number of likely N-dealkylation sites (tertiary alicyclic amines) is 7. The average molecular weight is 2100 g/mol. The van der Waals surface area contributed by atoms with Gasteiger partial charge in [-0.25, -0.2) is 0 Å². The maximum atomic E-state index is 12.2. The van der Waals surface area contributed by atoms with Crippen LogP contribution in [0.1, 0.15) is 419 Å². The van der Waals surface area contributed by atoms with E-state index in [1.807, 2.05) is 70.9 Å². The highest BCUT2D eigenvalue weighted by Crippen LogP contribution is 2.39. The highest BCUT2D eigenvalue weighted by molar-refractivity contribution is 8.01. The van der Waals surface area contributed by atoms with E-state index in [1.54, 1.807) is 23.5 Å². The molecule has 7 aliphatic rings. The van der Waals surface area contributed by atoms with Crippen molar-refractivity contribution in [3.8, 4) is 0 Å². The number of carbonyl (C=O) groups is 11. The molecule has 0 radical (unpaired) electrons. The summed E-state index contributed by atoms with van der Waals surface area (Å²) in [5, 5.41) is 18.7. The van der Waals surface area contributed by atoms with Gasteiger partial charge in [-0.3, -0.25) is 52.7 Å². The zero-order valence-electron chi connectivity index (χ0n) is 102. The molecule has 7 aliphatic heterocycles. The minimum atomic E-state index is -0.305. The lowest BCUT2D eigenvalue weighted by Gasteiger charge is -2.39. The van der Waals surface area contributed by atoms with E-state index in [0.717, 1.165) is 218 Å². The Morgan fingerprint density at radius 2 is 0.425 bits per heavy atom. The molecule has 6 N–H and O–H groups in total. The Morgan fingerprint density at radius 3 is 0.603 bits per heavy atom. The smallest absolute Gasteiger partial charge is 0.248 e. The molecule has 0 aliphatic carbocycles. The summed E-state index contributed by atoms with van der Waals surface area (Å²) < 4.78 is 11.4. The summed E-state index contributed by atoms with van der Waals surface area (Å²) in [6.07, 6.45) is 18.5. The van der Waals surface area contributed by atoms with Gasteiger partial charge in [0, 0.05) is 168 Å². The van der Waals surface area contributed by atoms with Gasteiger partial charge in [0.1, 0.15) is 13.2 Å². The molecule has 0 saturated carbocycles. The first-order valence-corrected chi connectivity index (χ1v) is 58.3. The van der Waals surface area contributed by atoms with E-state index in [0.29, 0.717) is 92.4 Å². The molecule has 0 atom stereocenters. The third kappa shape index (κ3) is 68.0. The van der Waals surface area contributed by atoms with Crippen LogP contribution in [0.25, 0.3) is 0 Å². The number of ether oxygens (including phenoxy) is 2. The summed E-state index contributed by atoms with van der Waals surface area (Å²) in [6.45, 7) is 105. The zero-order chi connectivity index (χ0) is 113. The van der Waals surface area contributed by atoms with E-state index in [2.05, 4.69) is 286 Å². The fourth-order valence-corrected chi connectivity index (χ4v) is 18.9. The summed E-state index contributed by atoms with van der Waals surface area (Å²) in [5.74, 6) is 5.52. The Balaban J connectivity index is 0.000000854. The second-order valence-corrected chi connectivity index (χ2v) is 61.6. The average Bonchev–Trinajstić information content (AvgIpc) is 0.841. The summed E-state index contributed by atoms with van der Waals surface area (Å²) in [4.78, 5) is 147. The van der Waals surface area contributed by atoms with Gasteiger partial charge in [0.15, 0.2) is 0 Å². The molecule has 28 heteroatoms. The van der Waals surface area contributed by atoms with Crippen molar-refractivity contribution >= 4 is 88.5 Å². The Labute approximate surface area is 902 Å². The topological polar surface area (TPSA) is 301 Å². The van der Waals surface area contributed by atoms with Crippen LogP contribution < -0.4 is 31.9 Å². The number of thioether (sulfide) groups is 2. The normalized spacial score (nSPS) is 17.9. The van der Waals surface area contributed by atoms with Gasteiger partial charge in [-0.1, -0.05) is 208 Å². The van der Waals surface area contributed by atoms with Crippen molar-refractivity contribution in [2.24, 2.45) is 84.7 Å². The molecule has 854 valence electrons. The molecule has 7 fully saturated rings. The Bertz CT molecular complexity index is 3360. The van der Waals surface area contributed by atoms with Crippen molar-refractivity contribution in [3.05, 3.63) is 0 Å². The highest BCUT2D eigenvalue weighted by Gasteiger charge is 2.38. The number of nitrogens with one attached hydrogen (secondary N) is 6. The second kappa shape index (κ2) is 62.3. The molecule has 0 bridgehead atoms. The van der Waals surface area contributed by atoms with Gasteiger partial charge in [-0.15, -0.1) is 23.5 Å². The van der Waals surface area contributed by atoms with E-state index in [-0.39, 0.29) is 155 Å². The fourth-order valence-electron chi connectivity index (χ4n) is 17.4. The summed E-state index contributed by atoms with van der Waals surface area (Å²) in [6, 6.07) is 0. The van der Waals surface area contributed by atoms with Gasteiger partial charge in [0.25, 0.3) is 0 Å². The number of nitrogens with zero attached hydrogens (tertiary/aromatic N) is 7. The number of hydrogen-bond acceptors (Lipinski definition) is 17. The van der Waals surface area contributed by atoms with Crippen molar-refractivity contribution < 1.29 is 62.2 Å². The van der Waals surface area contributed by atoms with Crippen LogP contribution in [0, 0.1) is 84.7 Å². The molecule has 0 aromatic rings. The monoisotopic (exact) mass is 2100 g/mol. The van der Waals surface area contributed by atoms with Crippen LogP contribution >= 0.6 is 23.5 Å². The molecule has 7 heterocycles. The van der Waals surface area contributed by atoms with Gasteiger partial charge in [0.05, 0.1) is 35.8 Å². The molecule has 146 heavy (non-hydrogen) atoms. The van der Waals surface area contributed by atoms with Crippen LogP contribution in [-0.2, 0) is 62.2 Å². The minimum Gasteiger partial charge on any atom is -0.366 e. The number of carbonyl (C=O) groups excluding carboxylic acids is 11. The highest BCUT2D eigenvalue weighted by atomic mass is 32.2. The lowest BCUT2D eigenvalue weighted by molar-refractivity contribution is -0.143. The van der Waals surface area contributed by atoms with Crippen molar-refractivity contribution in [1.82, 2.24) is 66.2 Å². The number of amides is 11. The van der Waals surface area contributed by atoms with E-state index < -0.39 is 0 Å². The second-order valence-electron chi connectivity index (χ2n) is 58.0. The number of hydrogen-bond donors (Lipinski definition) is 6. The van der Waals surface area contributed by atoms with Crippen LogP contribution in [0.5, 0.6) is 0 Å². The third-order valence-corrected chi connectivity index (χ3v) is 30.4. The summed E-state index contributed by atoms with van der Waals surface area (Å²) >= 11 is 3.44. The molecule has 0 spiro atoms. The molecule has 26 nitrogen and oxygen atoms in total. The van der Waals surface area contributed by atoms with Gasteiger partial charge in [-0.05, 0) is 266 Å². The van der Waals surface area contributed by atoms with E-state index >= 15 is 0 Å². The lowest BCUT2D eigenvalue weighted by atomic mass is 9.75. The molecule has 11 amide bonds. The Hall–Kier alpha value is -5.29. The van der Waals surface area contributed by atoms with Crippen LogP contribution in [0.4, 0.5) is 0 Å². The van der Waals surface area contributed by atoms with Gasteiger partial charge in [0.2, 0.25) is 65.0 Å². The summed E-state index contributed by atoms with van der Waals surface area (Å²) in [5.41, 5.74) is 1.69. The van der Waals surface area contributed by atoms with Crippen LogP contribution in [0.15, 0.2) is 0 Å². The van der Waals surface area contributed by atoms with Gasteiger partial charge < -0.3 is 75.7 Å². The number of rotatable bonds is 26. The lowest BCUT2D eigenvalue weighted by Crippen LogP contribution is -2.48. The van der Waals surface area contributed by atoms with Crippen molar-refractivity contribution in [1.29, 1.82) is 0 Å². The molecule has 7 rings (SSSR count). The quantitative estimate of drug-likeness (QED) is 0.0469. The standard InChI is InChI=1S/C19H36N2O2.C18H35N3O2.C18H34N2O3.C18H34N2O2S.C15H30N2O.C15H29NO2.C15H29NOS/c1-18(2,3)10-7-16(22)21-13-8-15(9-14-21)17(23)20-12-11-19(4,5)6;1-17(2,3)9-10-19-16(23)14-7-11-21(12-8-14)15(22)13-20-18(4,5)6;2*1-17(2,3)9-10-19-16(22)14-7-11-20(12-8-14)15(21)13-23-18(4,5)6;1-14(2,3)12-7-9-17(10-8-12)13(18)11-16-15(4,5)6;2*1-14(2,3)12-7-9-16(10-8-12)13(17)11-18-15(4,5)6/h15H,7-14H2,1-6H3,(H,20,23);14,20H,7-13H2,1-6H3,(H,19,23);2*14H,7-13H2,1-6H3,(H,19,22);12,16H,7-11H2,1-6H3;2*12H,7-11H2,1-6H3. The predicted molar refractivity (Wildman–Crippen MR) is 612 cm³/mol. The van der Waals surface area contributed by atoms with Crippen LogP contribution in [0.2, 0.25) is 0 Å². The van der Waals surface area contributed by atoms with Crippen LogP contribution in [-0.4, -0.2) is 287 Å². The SMILES string of the molecule is CC(C)(C)CCNC(=O)C1CCN(C(=O)CCC(C)(C)C)CC1.CC(C)(C)CCNC(=O)C1CCN(C(=O)CNC(C)(C)C)CC1.CC(C)(C)CCNC(=O)C1CCN(C(=O)COC(C)(C)C)CC1.CC(C)(C)CCNC(=O)C1CCN(C(=O)CSC(C)(C)C)CC1.CC(C)(C)NCC(=O)N1CCC(C(C)(C)C)CC1.CC(C)(C)OCC(=O)N1CCC(C(C)(C)C)CC1.CC(C)(C)SCC(=O)N1CCC(C(C)(C)C)CC1. The Morgan fingerprint density at radius 1 is 0.240 bits per heavy atom. The Kier molecular flexibility index (Phi) is 59.2. The van der Waals surface area contributed by atoms with Crippen molar-refractivity contribution in [2.75, 3.05) is 156 Å². The zero-order valence-corrected chi connectivity index (χ0v) is 104. The fraction of sp³-hybridized carbons (Fsp3) is 0.907. The molecule has 0 unspecified atom stereocenters. The van der Waals surface area contributed by atoms with E-state index in [4.69, 9.17) is 9.47 Å². The van der Waals surface area contributed by atoms with Crippen molar-refractivity contribution in [3.63, 3.8) is 0 Å². The predicted octanol–water partition coefficient (Wildman–Crippen LogP) is 21.2. The first-order valence-electron chi connectivity index (χ1n) is 56.3. The van der Waals surface area contributed by atoms with Gasteiger partial charge in [-0.2, -0.15) is 0 Å². The largest absolute Gasteiger partial charge is 0.366 e.